The van der Waals surface area contributed by atoms with Gasteiger partial charge in [0.1, 0.15) is 5.60 Å². The Morgan fingerprint density at radius 1 is 1.30 bits per heavy atom. The van der Waals surface area contributed by atoms with Gasteiger partial charge in [0.2, 0.25) is 0 Å². The van der Waals surface area contributed by atoms with E-state index in [-0.39, 0.29) is 24.2 Å². The normalized spacial score (nSPS) is 23.5. The minimum atomic E-state index is -0.616. The molecule has 1 N–H and O–H groups in total. The van der Waals surface area contributed by atoms with E-state index in [0.29, 0.717) is 19.4 Å². The predicted molar refractivity (Wildman–Crippen MR) is 91.2 cm³/mol. The Morgan fingerprint density at radius 2 is 1.96 bits per heavy atom. The Hall–Kier alpha value is -1.55. The number of nitrogens with zero attached hydrogens (tertiary/aromatic N) is 1. The zero-order valence-electron chi connectivity index (χ0n) is 14.7. The Bertz CT molecular complexity index is 523. The van der Waals surface area contributed by atoms with Crippen molar-refractivity contribution < 1.29 is 14.6 Å². The van der Waals surface area contributed by atoms with Gasteiger partial charge in [-0.25, -0.2) is 4.79 Å². The van der Waals surface area contributed by atoms with Crippen LogP contribution >= 0.6 is 0 Å². The van der Waals surface area contributed by atoms with Crippen molar-refractivity contribution in [1.29, 1.82) is 0 Å². The minimum absolute atomic E-state index is 0.0108. The molecule has 0 aliphatic carbocycles. The number of hydrogen-bond donors (Lipinski definition) is 1. The van der Waals surface area contributed by atoms with Crippen LogP contribution in [0.4, 0.5) is 4.79 Å². The fourth-order valence-corrected chi connectivity index (χ4v) is 3.12. The Balaban J connectivity index is 2.23. The number of rotatable bonds is 5. The zero-order valence-corrected chi connectivity index (χ0v) is 14.7. The number of aliphatic hydroxyl groups excluding tert-OH is 1. The third-order valence-electron chi connectivity index (χ3n) is 5.03. The van der Waals surface area contributed by atoms with Crippen LogP contribution in [-0.4, -0.2) is 35.3 Å². The SMILES string of the molecule is C[C@H](N1CC[C@](CCCO)(c2ccccc2)OC1=O)C(C)(C)C. The van der Waals surface area contributed by atoms with E-state index in [1.165, 1.54) is 0 Å². The predicted octanol–water partition coefficient (Wildman–Crippen LogP) is 3.93. The maximum atomic E-state index is 12.7. The standard InChI is InChI=1S/C19H29NO3/c1-15(18(2,3)4)20-13-12-19(11-8-14-21,23-17(20)22)16-9-6-5-7-10-16/h5-7,9-10,15,21H,8,11-14H2,1-4H3/t15-,19+/m0/s1. The van der Waals surface area contributed by atoms with Gasteiger partial charge < -0.3 is 14.7 Å². The van der Waals surface area contributed by atoms with Gasteiger partial charge in [-0.05, 0) is 30.7 Å². The summed E-state index contributed by atoms with van der Waals surface area (Å²) in [5.74, 6) is 0. The van der Waals surface area contributed by atoms with Crippen molar-refractivity contribution in [3.63, 3.8) is 0 Å². The van der Waals surface area contributed by atoms with Crippen molar-refractivity contribution in [3.8, 4) is 0 Å². The highest BCUT2D eigenvalue weighted by Crippen LogP contribution is 2.40. The first-order valence-corrected chi connectivity index (χ1v) is 8.46. The number of cyclic esters (lactones) is 1. The Labute approximate surface area is 139 Å². The Kier molecular flexibility index (Phi) is 5.35. The number of benzene rings is 1. The van der Waals surface area contributed by atoms with Gasteiger partial charge in [-0.15, -0.1) is 0 Å². The lowest BCUT2D eigenvalue weighted by Crippen LogP contribution is -2.54. The third-order valence-corrected chi connectivity index (χ3v) is 5.03. The highest BCUT2D eigenvalue weighted by molar-refractivity contribution is 5.70. The average molecular weight is 319 g/mol. The molecule has 0 bridgehead atoms. The monoisotopic (exact) mass is 319 g/mol. The van der Waals surface area contributed by atoms with E-state index >= 15 is 0 Å². The van der Waals surface area contributed by atoms with E-state index < -0.39 is 5.60 Å². The van der Waals surface area contributed by atoms with Crippen molar-refractivity contribution in [1.82, 2.24) is 4.90 Å². The summed E-state index contributed by atoms with van der Waals surface area (Å²) in [6, 6.07) is 10.0. The molecular weight excluding hydrogens is 290 g/mol. The minimum Gasteiger partial charge on any atom is -0.438 e. The summed E-state index contributed by atoms with van der Waals surface area (Å²) in [6.45, 7) is 9.26. The number of hydrogen-bond acceptors (Lipinski definition) is 3. The quantitative estimate of drug-likeness (QED) is 0.894. The Morgan fingerprint density at radius 3 is 2.48 bits per heavy atom. The van der Waals surface area contributed by atoms with E-state index in [0.717, 1.165) is 12.0 Å². The fourth-order valence-electron chi connectivity index (χ4n) is 3.12. The fraction of sp³-hybridized carbons (Fsp3) is 0.632. The molecule has 1 aromatic rings. The summed E-state index contributed by atoms with van der Waals surface area (Å²) < 4.78 is 5.97. The zero-order chi connectivity index (χ0) is 17.1. The van der Waals surface area contributed by atoms with E-state index in [1.807, 2.05) is 35.2 Å². The maximum Gasteiger partial charge on any atom is 0.410 e. The van der Waals surface area contributed by atoms with Crippen molar-refractivity contribution >= 4 is 6.09 Å². The van der Waals surface area contributed by atoms with Crippen LogP contribution in [0.25, 0.3) is 0 Å². The van der Waals surface area contributed by atoms with Crippen LogP contribution in [0.1, 0.15) is 52.5 Å². The number of amides is 1. The third kappa shape index (κ3) is 3.86. The molecule has 1 aromatic carbocycles. The molecule has 1 amide bonds. The lowest BCUT2D eigenvalue weighted by Gasteiger charge is -2.46. The van der Waals surface area contributed by atoms with Gasteiger partial charge in [0, 0.05) is 25.6 Å². The van der Waals surface area contributed by atoms with E-state index in [9.17, 15) is 9.90 Å². The molecule has 4 heteroatoms. The van der Waals surface area contributed by atoms with Crippen LogP contribution in [0.5, 0.6) is 0 Å². The van der Waals surface area contributed by atoms with Crippen LogP contribution in [0, 0.1) is 5.41 Å². The second kappa shape index (κ2) is 6.91. The molecule has 1 saturated heterocycles. The molecule has 128 valence electrons. The molecule has 23 heavy (non-hydrogen) atoms. The average Bonchev–Trinajstić information content (AvgIpc) is 2.52. The van der Waals surface area contributed by atoms with Crippen molar-refractivity contribution in [2.24, 2.45) is 5.41 Å². The molecule has 0 saturated carbocycles. The lowest BCUT2D eigenvalue weighted by atomic mass is 9.83. The van der Waals surface area contributed by atoms with Gasteiger partial charge in [0.15, 0.2) is 0 Å². The molecule has 4 nitrogen and oxygen atoms in total. The van der Waals surface area contributed by atoms with Gasteiger partial charge >= 0.3 is 6.09 Å². The summed E-state index contributed by atoms with van der Waals surface area (Å²) >= 11 is 0. The summed E-state index contributed by atoms with van der Waals surface area (Å²) in [5.41, 5.74) is 0.413. The number of ether oxygens (including phenoxy) is 1. The molecule has 2 rings (SSSR count). The number of carbonyl (C=O) groups excluding carboxylic acids is 1. The van der Waals surface area contributed by atoms with E-state index in [1.54, 1.807) is 0 Å². The van der Waals surface area contributed by atoms with Crippen LogP contribution in [-0.2, 0) is 10.3 Å². The van der Waals surface area contributed by atoms with Crippen LogP contribution in [0.15, 0.2) is 30.3 Å². The molecule has 2 atom stereocenters. The summed E-state index contributed by atoms with van der Waals surface area (Å²) in [6.07, 6.45) is 1.78. The summed E-state index contributed by atoms with van der Waals surface area (Å²) in [5, 5.41) is 9.22. The topological polar surface area (TPSA) is 49.8 Å². The van der Waals surface area contributed by atoms with Crippen molar-refractivity contribution in [2.75, 3.05) is 13.2 Å². The second-order valence-electron chi connectivity index (χ2n) is 7.54. The first kappa shape index (κ1) is 17.8. The molecule has 0 radical (unpaired) electrons. The number of aliphatic hydroxyl groups is 1. The largest absolute Gasteiger partial charge is 0.438 e. The highest BCUT2D eigenvalue weighted by Gasteiger charge is 2.44. The summed E-state index contributed by atoms with van der Waals surface area (Å²) in [4.78, 5) is 14.5. The molecule has 0 spiro atoms. The van der Waals surface area contributed by atoms with Gasteiger partial charge in [0.05, 0.1) is 0 Å². The van der Waals surface area contributed by atoms with Gasteiger partial charge in [-0.1, -0.05) is 51.1 Å². The molecule has 1 aliphatic rings. The van der Waals surface area contributed by atoms with Gasteiger partial charge in [-0.2, -0.15) is 0 Å². The van der Waals surface area contributed by atoms with Crippen molar-refractivity contribution in [3.05, 3.63) is 35.9 Å². The molecule has 0 unspecified atom stereocenters. The molecule has 1 fully saturated rings. The first-order chi connectivity index (χ1) is 10.8. The number of carbonyl (C=O) groups is 1. The maximum absolute atomic E-state index is 12.7. The molecule has 1 aliphatic heterocycles. The molecular formula is C19H29NO3. The molecule has 1 heterocycles. The van der Waals surface area contributed by atoms with Gasteiger partial charge in [0.25, 0.3) is 0 Å². The summed E-state index contributed by atoms with van der Waals surface area (Å²) in [7, 11) is 0. The van der Waals surface area contributed by atoms with Crippen molar-refractivity contribution in [2.45, 2.75) is 58.6 Å². The van der Waals surface area contributed by atoms with Crippen LogP contribution in [0.2, 0.25) is 0 Å². The smallest absolute Gasteiger partial charge is 0.410 e. The molecule has 0 aromatic heterocycles. The van der Waals surface area contributed by atoms with E-state index in [4.69, 9.17) is 4.74 Å². The highest BCUT2D eigenvalue weighted by atomic mass is 16.6. The second-order valence-corrected chi connectivity index (χ2v) is 7.54. The van der Waals surface area contributed by atoms with Crippen LogP contribution < -0.4 is 0 Å². The lowest BCUT2D eigenvalue weighted by molar-refractivity contribution is -0.0760. The van der Waals surface area contributed by atoms with Gasteiger partial charge in [-0.3, -0.25) is 0 Å². The van der Waals surface area contributed by atoms with Crippen LogP contribution in [0.3, 0.4) is 0 Å². The first-order valence-electron chi connectivity index (χ1n) is 8.46. The van der Waals surface area contributed by atoms with E-state index in [2.05, 4.69) is 27.7 Å².